The third kappa shape index (κ3) is 1.54. The number of benzene rings is 1. The molecule has 0 fully saturated rings. The molecule has 0 spiro atoms. The van der Waals surface area contributed by atoms with Crippen LogP contribution in [0.25, 0.3) is 10.9 Å². The van der Waals surface area contributed by atoms with Crippen molar-refractivity contribution in [1.82, 2.24) is 4.98 Å². The Labute approximate surface area is 83.4 Å². The van der Waals surface area contributed by atoms with Crippen molar-refractivity contribution in [2.45, 2.75) is 0 Å². The molecule has 0 bridgehead atoms. The van der Waals surface area contributed by atoms with Gasteiger partial charge in [0, 0.05) is 43.3 Å². The number of fused-ring (bicyclic) bond motifs is 1. The van der Waals surface area contributed by atoms with Gasteiger partial charge in [-0.2, -0.15) is 0 Å². The number of H-pyrrole nitrogens is 1. The Balaban J connectivity index is 0.000000605. The molecule has 55 valence electrons. The van der Waals surface area contributed by atoms with Crippen molar-refractivity contribution in [2.75, 3.05) is 0 Å². The Morgan fingerprint density at radius 3 is 2.82 bits per heavy atom. The summed E-state index contributed by atoms with van der Waals surface area (Å²) < 4.78 is 0. The molecule has 0 amide bonds. The van der Waals surface area contributed by atoms with Crippen molar-refractivity contribution in [3.63, 3.8) is 0 Å². The fraction of sp³-hybridized carbons (Fsp3) is 0. The average molecular weight is 342 g/mol. The van der Waals surface area contributed by atoms with Gasteiger partial charge in [0.25, 0.3) is 0 Å². The SMILES string of the molecule is Oc1ccc2[nH]ccc2c1.[Bi]. The van der Waals surface area contributed by atoms with Crippen LogP contribution >= 0.6 is 0 Å². The van der Waals surface area contributed by atoms with E-state index in [4.69, 9.17) is 5.11 Å². The van der Waals surface area contributed by atoms with Gasteiger partial charge in [0.2, 0.25) is 0 Å². The first kappa shape index (κ1) is 8.54. The molecule has 3 radical (unpaired) electrons. The molecule has 0 saturated carbocycles. The molecule has 2 rings (SSSR count). The number of phenols is 1. The maximum atomic E-state index is 9.03. The summed E-state index contributed by atoms with van der Waals surface area (Å²) in [7, 11) is 0. The van der Waals surface area contributed by atoms with Gasteiger partial charge in [0.1, 0.15) is 5.75 Å². The quantitative estimate of drug-likeness (QED) is 0.700. The molecule has 0 atom stereocenters. The molecular weight excluding hydrogens is 335 g/mol. The first-order valence-corrected chi connectivity index (χ1v) is 3.12. The normalized spacial score (nSPS) is 9.45. The summed E-state index contributed by atoms with van der Waals surface area (Å²) in [6.45, 7) is 0. The summed E-state index contributed by atoms with van der Waals surface area (Å²) in [5, 5.41) is 10.1. The molecule has 1 aromatic heterocycles. The molecule has 0 unspecified atom stereocenters. The van der Waals surface area contributed by atoms with Crippen LogP contribution in [0.1, 0.15) is 0 Å². The van der Waals surface area contributed by atoms with Crippen LogP contribution in [0, 0.1) is 0 Å². The van der Waals surface area contributed by atoms with E-state index in [0.29, 0.717) is 5.75 Å². The molecular formula is C8H7BiNO. The van der Waals surface area contributed by atoms with Crippen LogP contribution in [0.5, 0.6) is 5.75 Å². The van der Waals surface area contributed by atoms with Crippen molar-refractivity contribution in [3.05, 3.63) is 30.5 Å². The monoisotopic (exact) mass is 342 g/mol. The molecule has 0 saturated heterocycles. The van der Waals surface area contributed by atoms with Gasteiger partial charge in [-0.15, -0.1) is 0 Å². The Kier molecular flexibility index (Phi) is 2.50. The standard InChI is InChI=1S/C8H7NO.Bi/c10-7-1-2-8-6(5-7)3-4-9-8;/h1-5,9-10H;. The van der Waals surface area contributed by atoms with Gasteiger partial charge >= 0.3 is 0 Å². The van der Waals surface area contributed by atoms with Crippen LogP contribution in [0.3, 0.4) is 0 Å². The second-order valence-corrected chi connectivity index (χ2v) is 2.25. The van der Waals surface area contributed by atoms with E-state index in [9.17, 15) is 0 Å². The summed E-state index contributed by atoms with van der Waals surface area (Å²) in [5.74, 6) is 0.312. The van der Waals surface area contributed by atoms with Crippen molar-refractivity contribution in [2.24, 2.45) is 0 Å². The van der Waals surface area contributed by atoms with Crippen LogP contribution in [-0.2, 0) is 0 Å². The van der Waals surface area contributed by atoms with Gasteiger partial charge in [-0.1, -0.05) is 0 Å². The minimum absolute atomic E-state index is 0. The van der Waals surface area contributed by atoms with Crippen molar-refractivity contribution in [1.29, 1.82) is 0 Å². The fourth-order valence-electron chi connectivity index (χ4n) is 1.04. The van der Waals surface area contributed by atoms with E-state index < -0.39 is 0 Å². The van der Waals surface area contributed by atoms with E-state index in [1.54, 1.807) is 12.1 Å². The predicted molar refractivity (Wildman–Crippen MR) is 45.7 cm³/mol. The van der Waals surface area contributed by atoms with Gasteiger partial charge in [-0.25, -0.2) is 0 Å². The molecule has 0 aliphatic heterocycles. The summed E-state index contributed by atoms with van der Waals surface area (Å²) in [6, 6.07) is 7.17. The minimum Gasteiger partial charge on any atom is -0.508 e. The number of aromatic hydroxyl groups is 1. The van der Waals surface area contributed by atoms with Crippen molar-refractivity contribution < 1.29 is 5.11 Å². The third-order valence-electron chi connectivity index (χ3n) is 1.54. The van der Waals surface area contributed by atoms with Gasteiger partial charge in [-0.05, 0) is 24.3 Å². The Hall–Kier alpha value is -0.557. The molecule has 2 aromatic rings. The van der Waals surface area contributed by atoms with Gasteiger partial charge in [-0.3, -0.25) is 0 Å². The van der Waals surface area contributed by atoms with Crippen LogP contribution in [0.4, 0.5) is 0 Å². The topological polar surface area (TPSA) is 36.0 Å². The number of aromatic amines is 1. The molecule has 0 aliphatic rings. The van der Waals surface area contributed by atoms with Crippen LogP contribution in [-0.4, -0.2) is 36.3 Å². The number of rotatable bonds is 0. The average Bonchev–Trinajstić information content (AvgIpc) is 2.33. The summed E-state index contributed by atoms with van der Waals surface area (Å²) in [6.07, 6.45) is 1.85. The Bertz CT molecular complexity index is 356. The van der Waals surface area contributed by atoms with E-state index in [0.717, 1.165) is 10.9 Å². The molecule has 2 nitrogen and oxygen atoms in total. The first-order chi connectivity index (χ1) is 4.86. The Morgan fingerprint density at radius 1 is 1.18 bits per heavy atom. The fourth-order valence-corrected chi connectivity index (χ4v) is 1.04. The van der Waals surface area contributed by atoms with E-state index in [2.05, 4.69) is 4.98 Å². The third-order valence-corrected chi connectivity index (χ3v) is 1.54. The predicted octanol–water partition coefficient (Wildman–Crippen LogP) is 1.49. The summed E-state index contributed by atoms with van der Waals surface area (Å²) in [4.78, 5) is 3.04. The van der Waals surface area contributed by atoms with Crippen LogP contribution in [0.2, 0.25) is 0 Å². The van der Waals surface area contributed by atoms with E-state index in [-0.39, 0.29) is 26.2 Å². The molecule has 3 heteroatoms. The molecule has 1 aromatic carbocycles. The number of phenolic OH excluding ortho intramolecular Hbond substituents is 1. The molecule has 1 heterocycles. The van der Waals surface area contributed by atoms with Gasteiger partial charge in [0.05, 0.1) is 0 Å². The molecule has 11 heavy (non-hydrogen) atoms. The summed E-state index contributed by atoms with van der Waals surface area (Å²) in [5.41, 5.74) is 1.05. The zero-order valence-corrected chi connectivity index (χ0v) is 9.26. The number of aromatic nitrogens is 1. The second-order valence-electron chi connectivity index (χ2n) is 2.25. The number of hydrogen-bond donors (Lipinski definition) is 2. The van der Waals surface area contributed by atoms with Crippen molar-refractivity contribution in [3.8, 4) is 5.75 Å². The van der Waals surface area contributed by atoms with Gasteiger partial charge in [0.15, 0.2) is 0 Å². The zero-order chi connectivity index (χ0) is 6.97. The second kappa shape index (κ2) is 3.23. The maximum absolute atomic E-state index is 9.03. The molecule has 0 aliphatic carbocycles. The van der Waals surface area contributed by atoms with E-state index >= 15 is 0 Å². The Morgan fingerprint density at radius 2 is 2.00 bits per heavy atom. The number of hydrogen-bond acceptors (Lipinski definition) is 1. The zero-order valence-electron chi connectivity index (χ0n) is 5.78. The smallest absolute Gasteiger partial charge is 0.116 e. The first-order valence-electron chi connectivity index (χ1n) is 3.12. The van der Waals surface area contributed by atoms with Crippen molar-refractivity contribution >= 4 is 37.1 Å². The minimum atomic E-state index is 0. The maximum Gasteiger partial charge on any atom is 0.116 e. The van der Waals surface area contributed by atoms with E-state index in [1.807, 2.05) is 18.3 Å². The van der Waals surface area contributed by atoms with E-state index in [1.165, 1.54) is 0 Å². The van der Waals surface area contributed by atoms with Crippen LogP contribution < -0.4 is 0 Å². The summed E-state index contributed by atoms with van der Waals surface area (Å²) >= 11 is 0. The molecule has 2 N–H and O–H groups in total. The number of nitrogens with one attached hydrogen (secondary N) is 1. The van der Waals surface area contributed by atoms with Crippen LogP contribution in [0.15, 0.2) is 30.5 Å². The van der Waals surface area contributed by atoms with Gasteiger partial charge < -0.3 is 10.1 Å². The largest absolute Gasteiger partial charge is 0.508 e.